The molecule has 17 heavy (non-hydrogen) atoms. The standard InChI is InChI=1S/C14H16N2O/c15-13-6-5-11-3-1-2-4-12(11)14(13)16-7-9-17-10-8-16/h1-6H,7-10,15H2. The van der Waals surface area contributed by atoms with E-state index in [-0.39, 0.29) is 0 Å². The number of nitrogens with two attached hydrogens (primary N) is 1. The van der Waals surface area contributed by atoms with E-state index in [0.717, 1.165) is 37.7 Å². The fourth-order valence-corrected chi connectivity index (χ4v) is 2.41. The van der Waals surface area contributed by atoms with Gasteiger partial charge in [-0.3, -0.25) is 0 Å². The third-order valence-electron chi connectivity index (χ3n) is 3.26. The number of benzene rings is 2. The SMILES string of the molecule is Nc1ccc2ccccc2c1N1CCOCC1. The molecule has 1 saturated heterocycles. The zero-order chi connectivity index (χ0) is 11.7. The Balaban J connectivity index is 2.15. The van der Waals surface area contributed by atoms with Crippen LogP contribution in [-0.2, 0) is 4.74 Å². The van der Waals surface area contributed by atoms with Crippen LogP contribution in [0.3, 0.4) is 0 Å². The molecule has 3 heteroatoms. The Morgan fingerprint density at radius 1 is 1.00 bits per heavy atom. The zero-order valence-corrected chi connectivity index (χ0v) is 9.73. The first kappa shape index (κ1) is 10.4. The zero-order valence-electron chi connectivity index (χ0n) is 9.73. The van der Waals surface area contributed by atoms with E-state index in [1.807, 2.05) is 6.07 Å². The molecule has 1 fully saturated rings. The summed E-state index contributed by atoms with van der Waals surface area (Å²) >= 11 is 0. The van der Waals surface area contributed by atoms with Crippen molar-refractivity contribution in [3.63, 3.8) is 0 Å². The minimum atomic E-state index is 0.780. The van der Waals surface area contributed by atoms with Gasteiger partial charge in [0.15, 0.2) is 0 Å². The van der Waals surface area contributed by atoms with E-state index in [9.17, 15) is 0 Å². The van der Waals surface area contributed by atoms with Gasteiger partial charge in [0.05, 0.1) is 24.6 Å². The molecule has 88 valence electrons. The molecule has 2 aromatic carbocycles. The van der Waals surface area contributed by atoms with E-state index < -0.39 is 0 Å². The molecular weight excluding hydrogens is 212 g/mol. The molecule has 0 aliphatic carbocycles. The lowest BCUT2D eigenvalue weighted by atomic mass is 10.1. The minimum Gasteiger partial charge on any atom is -0.397 e. The highest BCUT2D eigenvalue weighted by molar-refractivity contribution is 6.00. The maximum atomic E-state index is 6.14. The van der Waals surface area contributed by atoms with Gasteiger partial charge in [-0.25, -0.2) is 0 Å². The molecule has 1 heterocycles. The molecule has 2 aromatic rings. The van der Waals surface area contributed by atoms with Crippen molar-refractivity contribution in [3.05, 3.63) is 36.4 Å². The van der Waals surface area contributed by atoms with Gasteiger partial charge in [0.2, 0.25) is 0 Å². The number of nitrogen functional groups attached to an aromatic ring is 1. The van der Waals surface area contributed by atoms with Crippen molar-refractivity contribution in [2.45, 2.75) is 0 Å². The van der Waals surface area contributed by atoms with Gasteiger partial charge in [-0.05, 0) is 11.5 Å². The van der Waals surface area contributed by atoms with Gasteiger partial charge in [0, 0.05) is 18.5 Å². The predicted molar refractivity (Wildman–Crippen MR) is 71.4 cm³/mol. The van der Waals surface area contributed by atoms with Crippen molar-refractivity contribution in [3.8, 4) is 0 Å². The Bertz CT molecular complexity index is 533. The monoisotopic (exact) mass is 228 g/mol. The van der Waals surface area contributed by atoms with Crippen LogP contribution in [0.1, 0.15) is 0 Å². The van der Waals surface area contributed by atoms with Crippen LogP contribution in [0, 0.1) is 0 Å². The molecule has 2 N–H and O–H groups in total. The second-order valence-corrected chi connectivity index (χ2v) is 4.32. The molecule has 0 bridgehead atoms. The molecule has 0 atom stereocenters. The van der Waals surface area contributed by atoms with Crippen LogP contribution in [0.5, 0.6) is 0 Å². The molecule has 0 aromatic heterocycles. The van der Waals surface area contributed by atoms with Crippen LogP contribution in [0.4, 0.5) is 11.4 Å². The third-order valence-corrected chi connectivity index (χ3v) is 3.26. The average Bonchev–Trinajstić information content (AvgIpc) is 2.39. The number of anilines is 2. The Hall–Kier alpha value is -1.74. The second-order valence-electron chi connectivity index (χ2n) is 4.32. The summed E-state index contributed by atoms with van der Waals surface area (Å²) in [4.78, 5) is 2.32. The van der Waals surface area contributed by atoms with E-state index in [1.54, 1.807) is 0 Å². The summed E-state index contributed by atoms with van der Waals surface area (Å²) in [6, 6.07) is 12.4. The maximum absolute atomic E-state index is 6.14. The lowest BCUT2D eigenvalue weighted by molar-refractivity contribution is 0.123. The van der Waals surface area contributed by atoms with Gasteiger partial charge < -0.3 is 15.4 Å². The summed E-state index contributed by atoms with van der Waals surface area (Å²) < 4.78 is 5.39. The molecule has 0 amide bonds. The van der Waals surface area contributed by atoms with Crippen LogP contribution in [0.2, 0.25) is 0 Å². The van der Waals surface area contributed by atoms with Gasteiger partial charge in [-0.2, -0.15) is 0 Å². The predicted octanol–water partition coefficient (Wildman–Crippen LogP) is 2.26. The highest BCUT2D eigenvalue weighted by atomic mass is 16.5. The summed E-state index contributed by atoms with van der Waals surface area (Å²) in [5.74, 6) is 0. The molecule has 0 unspecified atom stereocenters. The third kappa shape index (κ3) is 1.83. The largest absolute Gasteiger partial charge is 0.397 e. The molecular formula is C14H16N2O. The minimum absolute atomic E-state index is 0.780. The van der Waals surface area contributed by atoms with Gasteiger partial charge in [0.1, 0.15) is 0 Å². The molecule has 0 spiro atoms. The number of hydrogen-bond acceptors (Lipinski definition) is 3. The van der Waals surface area contributed by atoms with Gasteiger partial charge in [0.25, 0.3) is 0 Å². The lowest BCUT2D eigenvalue weighted by Gasteiger charge is -2.30. The number of fused-ring (bicyclic) bond motifs is 1. The summed E-state index contributed by atoms with van der Waals surface area (Å²) in [6.07, 6.45) is 0. The first-order chi connectivity index (χ1) is 8.36. The van der Waals surface area contributed by atoms with Crippen molar-refractivity contribution in [2.75, 3.05) is 36.9 Å². The number of morpholine rings is 1. The van der Waals surface area contributed by atoms with E-state index in [0.29, 0.717) is 0 Å². The fraction of sp³-hybridized carbons (Fsp3) is 0.286. The van der Waals surface area contributed by atoms with Gasteiger partial charge >= 0.3 is 0 Å². The maximum Gasteiger partial charge on any atom is 0.0681 e. The van der Waals surface area contributed by atoms with E-state index in [4.69, 9.17) is 10.5 Å². The van der Waals surface area contributed by atoms with E-state index >= 15 is 0 Å². The highest BCUT2D eigenvalue weighted by Gasteiger charge is 2.16. The number of rotatable bonds is 1. The first-order valence-electron chi connectivity index (χ1n) is 5.96. The fourth-order valence-electron chi connectivity index (χ4n) is 2.41. The van der Waals surface area contributed by atoms with Gasteiger partial charge in [-0.1, -0.05) is 30.3 Å². The summed E-state index contributed by atoms with van der Waals surface area (Å²) in [5.41, 5.74) is 8.15. The van der Waals surface area contributed by atoms with E-state index in [1.165, 1.54) is 10.8 Å². The second kappa shape index (κ2) is 4.26. The molecule has 0 radical (unpaired) electrons. The number of nitrogens with zero attached hydrogens (tertiary/aromatic N) is 1. The Morgan fingerprint density at radius 3 is 2.59 bits per heavy atom. The Kier molecular flexibility index (Phi) is 2.61. The molecule has 0 saturated carbocycles. The van der Waals surface area contributed by atoms with Crippen LogP contribution in [0.15, 0.2) is 36.4 Å². The van der Waals surface area contributed by atoms with Crippen molar-refractivity contribution in [1.82, 2.24) is 0 Å². The van der Waals surface area contributed by atoms with Crippen molar-refractivity contribution < 1.29 is 4.74 Å². The highest BCUT2D eigenvalue weighted by Crippen LogP contribution is 2.33. The molecule has 1 aliphatic rings. The number of hydrogen-bond donors (Lipinski definition) is 1. The molecule has 1 aliphatic heterocycles. The normalized spacial score (nSPS) is 16.4. The summed E-state index contributed by atoms with van der Waals surface area (Å²) in [5, 5.41) is 2.47. The smallest absolute Gasteiger partial charge is 0.0681 e. The Morgan fingerprint density at radius 2 is 1.76 bits per heavy atom. The van der Waals surface area contributed by atoms with Crippen molar-refractivity contribution in [1.29, 1.82) is 0 Å². The van der Waals surface area contributed by atoms with Crippen molar-refractivity contribution in [2.24, 2.45) is 0 Å². The number of ether oxygens (including phenoxy) is 1. The topological polar surface area (TPSA) is 38.5 Å². The van der Waals surface area contributed by atoms with Crippen LogP contribution < -0.4 is 10.6 Å². The van der Waals surface area contributed by atoms with Gasteiger partial charge in [-0.15, -0.1) is 0 Å². The molecule has 3 rings (SSSR count). The summed E-state index contributed by atoms with van der Waals surface area (Å²) in [6.45, 7) is 3.39. The molecule has 3 nitrogen and oxygen atoms in total. The lowest BCUT2D eigenvalue weighted by Crippen LogP contribution is -2.36. The van der Waals surface area contributed by atoms with Crippen LogP contribution in [-0.4, -0.2) is 26.3 Å². The average molecular weight is 228 g/mol. The first-order valence-corrected chi connectivity index (χ1v) is 5.96. The Labute approximate surface area is 101 Å². The quantitative estimate of drug-likeness (QED) is 0.761. The van der Waals surface area contributed by atoms with E-state index in [2.05, 4.69) is 35.2 Å². The van der Waals surface area contributed by atoms with Crippen molar-refractivity contribution >= 4 is 22.1 Å². The summed E-state index contributed by atoms with van der Waals surface area (Å²) in [7, 11) is 0. The van der Waals surface area contributed by atoms with Crippen LogP contribution >= 0.6 is 0 Å². The van der Waals surface area contributed by atoms with Crippen LogP contribution in [0.25, 0.3) is 10.8 Å².